The van der Waals surface area contributed by atoms with Gasteiger partial charge in [0.15, 0.2) is 11.5 Å². The summed E-state index contributed by atoms with van der Waals surface area (Å²) in [4.78, 5) is 25.3. The van der Waals surface area contributed by atoms with Gasteiger partial charge >= 0.3 is 0 Å². The van der Waals surface area contributed by atoms with Crippen molar-refractivity contribution in [3.63, 3.8) is 0 Å². The van der Waals surface area contributed by atoms with Gasteiger partial charge < -0.3 is 14.8 Å². The van der Waals surface area contributed by atoms with Crippen LogP contribution >= 0.6 is 0 Å². The van der Waals surface area contributed by atoms with Crippen LogP contribution in [0.5, 0.6) is 11.5 Å². The molecule has 0 radical (unpaired) electrons. The number of rotatable bonds is 5. The number of carbonyl (C=O) groups is 1. The van der Waals surface area contributed by atoms with Crippen LogP contribution in [0, 0.1) is 0 Å². The Hall–Kier alpha value is -3.61. The van der Waals surface area contributed by atoms with Gasteiger partial charge in [0.25, 0.3) is 5.56 Å². The van der Waals surface area contributed by atoms with Crippen LogP contribution in [0.4, 0.5) is 5.69 Å². The van der Waals surface area contributed by atoms with Gasteiger partial charge in [-0.05, 0) is 24.6 Å². The Morgan fingerprint density at radius 3 is 2.68 bits per heavy atom. The predicted octanol–water partition coefficient (Wildman–Crippen LogP) is 3.23. The van der Waals surface area contributed by atoms with Crippen LogP contribution < -0.4 is 20.3 Å². The van der Waals surface area contributed by atoms with Gasteiger partial charge in [0, 0.05) is 23.4 Å². The molecule has 2 aromatic carbocycles. The SMILES string of the molecule is CC[C@H](C(=O)Nc1ccc2c(c1)OCO2)n1nc(-c2ccccc2)ccc1=O. The number of fused-ring (bicyclic) bond motifs is 1. The molecule has 4 rings (SSSR count). The van der Waals surface area contributed by atoms with Crippen LogP contribution in [0.15, 0.2) is 65.5 Å². The fourth-order valence-electron chi connectivity index (χ4n) is 3.08. The maximum absolute atomic E-state index is 12.9. The Bertz CT molecular complexity index is 1060. The zero-order valence-electron chi connectivity index (χ0n) is 15.3. The van der Waals surface area contributed by atoms with Crippen LogP contribution in [0.2, 0.25) is 0 Å². The van der Waals surface area contributed by atoms with E-state index >= 15 is 0 Å². The van der Waals surface area contributed by atoms with E-state index in [1.165, 1.54) is 10.7 Å². The lowest BCUT2D eigenvalue weighted by Gasteiger charge is -2.17. The highest BCUT2D eigenvalue weighted by atomic mass is 16.7. The first-order valence-corrected chi connectivity index (χ1v) is 9.01. The van der Waals surface area contributed by atoms with Crippen LogP contribution in [0.3, 0.4) is 0 Å². The number of hydrogen-bond donors (Lipinski definition) is 1. The highest BCUT2D eigenvalue weighted by Gasteiger charge is 2.22. The lowest BCUT2D eigenvalue weighted by atomic mass is 10.1. The third kappa shape index (κ3) is 3.46. The smallest absolute Gasteiger partial charge is 0.267 e. The second kappa shape index (κ2) is 7.56. The molecule has 7 heteroatoms. The first-order valence-electron chi connectivity index (χ1n) is 9.01. The maximum Gasteiger partial charge on any atom is 0.267 e. The molecule has 3 aromatic rings. The van der Waals surface area contributed by atoms with E-state index in [4.69, 9.17) is 9.47 Å². The van der Waals surface area contributed by atoms with Crippen molar-refractivity contribution >= 4 is 11.6 Å². The number of anilines is 1. The topological polar surface area (TPSA) is 82.4 Å². The molecule has 1 aliphatic rings. The first-order chi connectivity index (χ1) is 13.7. The summed E-state index contributed by atoms with van der Waals surface area (Å²) in [7, 11) is 0. The molecule has 0 saturated heterocycles. The van der Waals surface area contributed by atoms with Crippen molar-refractivity contribution in [3.8, 4) is 22.8 Å². The van der Waals surface area contributed by atoms with Crippen molar-refractivity contribution in [2.45, 2.75) is 19.4 Å². The standard InChI is InChI=1S/C21H19N3O4/c1-2-17(21(26)22-15-8-10-18-19(12-15)28-13-27-18)24-20(25)11-9-16(23-24)14-6-4-3-5-7-14/h3-12,17H,2,13H2,1H3,(H,22,26)/t17-/m1/s1. The minimum Gasteiger partial charge on any atom is -0.454 e. The average Bonchev–Trinajstić information content (AvgIpc) is 3.18. The zero-order valence-corrected chi connectivity index (χ0v) is 15.3. The highest BCUT2D eigenvalue weighted by Crippen LogP contribution is 2.34. The van der Waals surface area contributed by atoms with E-state index in [-0.39, 0.29) is 18.3 Å². The molecule has 0 unspecified atom stereocenters. The van der Waals surface area contributed by atoms with Crippen LogP contribution in [0.1, 0.15) is 19.4 Å². The predicted molar refractivity (Wildman–Crippen MR) is 104 cm³/mol. The van der Waals surface area contributed by atoms with E-state index in [0.29, 0.717) is 29.3 Å². The molecule has 1 aliphatic heterocycles. The summed E-state index contributed by atoms with van der Waals surface area (Å²) in [6.07, 6.45) is 0.418. The molecular weight excluding hydrogens is 358 g/mol. The van der Waals surface area contributed by atoms with Gasteiger partial charge in [-0.3, -0.25) is 9.59 Å². The van der Waals surface area contributed by atoms with Gasteiger partial charge in [-0.2, -0.15) is 5.10 Å². The van der Waals surface area contributed by atoms with Crippen molar-refractivity contribution in [1.29, 1.82) is 0 Å². The number of carbonyl (C=O) groups excluding carboxylic acids is 1. The zero-order chi connectivity index (χ0) is 19.5. The number of amides is 1. The average molecular weight is 377 g/mol. The van der Waals surface area contributed by atoms with Crippen LogP contribution in [-0.4, -0.2) is 22.5 Å². The molecule has 7 nitrogen and oxygen atoms in total. The van der Waals surface area contributed by atoms with Crippen molar-refractivity contribution in [2.75, 3.05) is 12.1 Å². The third-order valence-electron chi connectivity index (χ3n) is 4.52. The summed E-state index contributed by atoms with van der Waals surface area (Å²) in [6, 6.07) is 17.1. The van der Waals surface area contributed by atoms with E-state index in [1.807, 2.05) is 37.3 Å². The second-order valence-electron chi connectivity index (χ2n) is 6.35. The summed E-state index contributed by atoms with van der Waals surface area (Å²) in [5.74, 6) is 0.895. The maximum atomic E-state index is 12.9. The summed E-state index contributed by atoms with van der Waals surface area (Å²) in [5.41, 5.74) is 1.75. The summed E-state index contributed by atoms with van der Waals surface area (Å²) < 4.78 is 11.9. The van der Waals surface area contributed by atoms with Crippen molar-refractivity contribution in [1.82, 2.24) is 9.78 Å². The lowest BCUT2D eigenvalue weighted by Crippen LogP contribution is -2.34. The fourth-order valence-corrected chi connectivity index (χ4v) is 3.08. The monoisotopic (exact) mass is 377 g/mol. The normalized spacial score (nSPS) is 13.2. The largest absolute Gasteiger partial charge is 0.454 e. The molecule has 0 fully saturated rings. The number of aromatic nitrogens is 2. The molecule has 28 heavy (non-hydrogen) atoms. The molecule has 1 atom stereocenters. The van der Waals surface area contributed by atoms with E-state index in [9.17, 15) is 9.59 Å². The minimum atomic E-state index is -0.735. The lowest BCUT2D eigenvalue weighted by molar-refractivity contribution is -0.119. The third-order valence-corrected chi connectivity index (χ3v) is 4.52. The number of nitrogens with zero attached hydrogens (tertiary/aromatic N) is 2. The van der Waals surface area contributed by atoms with Gasteiger partial charge in [0.2, 0.25) is 12.7 Å². The first kappa shape index (κ1) is 17.8. The van der Waals surface area contributed by atoms with E-state index in [2.05, 4.69) is 10.4 Å². The second-order valence-corrected chi connectivity index (χ2v) is 6.35. The van der Waals surface area contributed by atoms with Gasteiger partial charge in [0.05, 0.1) is 5.69 Å². The number of hydrogen-bond acceptors (Lipinski definition) is 5. The van der Waals surface area contributed by atoms with Gasteiger partial charge in [-0.25, -0.2) is 4.68 Å². The molecular formula is C21H19N3O4. The Morgan fingerprint density at radius 1 is 1.11 bits per heavy atom. The van der Waals surface area contributed by atoms with E-state index < -0.39 is 6.04 Å². The molecule has 0 saturated carbocycles. The Balaban J connectivity index is 1.61. The number of ether oxygens (including phenoxy) is 2. The number of nitrogens with one attached hydrogen (secondary N) is 1. The molecule has 1 amide bonds. The van der Waals surface area contributed by atoms with Crippen molar-refractivity contribution in [3.05, 3.63) is 71.0 Å². The fraction of sp³-hybridized carbons (Fsp3) is 0.190. The van der Waals surface area contributed by atoms with Crippen LogP contribution in [-0.2, 0) is 4.79 Å². The summed E-state index contributed by atoms with van der Waals surface area (Å²) >= 11 is 0. The Labute approximate surface area is 161 Å². The Kier molecular flexibility index (Phi) is 4.80. The highest BCUT2D eigenvalue weighted by molar-refractivity contribution is 5.94. The van der Waals surface area contributed by atoms with Crippen molar-refractivity contribution in [2.24, 2.45) is 0 Å². The molecule has 2 heterocycles. The van der Waals surface area contributed by atoms with Crippen LogP contribution in [0.25, 0.3) is 11.3 Å². The van der Waals surface area contributed by atoms with E-state index in [1.54, 1.807) is 24.3 Å². The molecule has 0 spiro atoms. The molecule has 1 N–H and O–H groups in total. The van der Waals surface area contributed by atoms with E-state index in [0.717, 1.165) is 5.56 Å². The van der Waals surface area contributed by atoms with Gasteiger partial charge in [0.1, 0.15) is 6.04 Å². The summed E-state index contributed by atoms with van der Waals surface area (Å²) in [6.45, 7) is 2.00. The molecule has 0 aliphatic carbocycles. The molecule has 142 valence electrons. The Morgan fingerprint density at radius 2 is 1.89 bits per heavy atom. The quantitative estimate of drug-likeness (QED) is 0.738. The molecule has 1 aromatic heterocycles. The van der Waals surface area contributed by atoms with Crippen molar-refractivity contribution < 1.29 is 14.3 Å². The minimum absolute atomic E-state index is 0.163. The van der Waals surface area contributed by atoms with Gasteiger partial charge in [-0.1, -0.05) is 37.3 Å². The van der Waals surface area contributed by atoms with Gasteiger partial charge in [-0.15, -0.1) is 0 Å². The summed E-state index contributed by atoms with van der Waals surface area (Å²) in [5, 5.41) is 7.27. The molecule has 0 bridgehead atoms. The number of benzene rings is 2.